The van der Waals surface area contributed by atoms with Crippen LogP contribution in [0.2, 0.25) is 0 Å². The van der Waals surface area contributed by atoms with Gasteiger partial charge >= 0.3 is 13.3 Å². The Bertz CT molecular complexity index is 356. The van der Waals surface area contributed by atoms with Crippen LogP contribution in [0, 0.1) is 0 Å². The van der Waals surface area contributed by atoms with Crippen LogP contribution in [-0.4, -0.2) is 29.3 Å². The second-order valence-electron chi connectivity index (χ2n) is 2.68. The molecule has 82 valence electrons. The summed E-state index contributed by atoms with van der Waals surface area (Å²) >= 11 is 0. The summed E-state index contributed by atoms with van der Waals surface area (Å²) in [6, 6.07) is 0.606. The van der Waals surface area contributed by atoms with Crippen LogP contribution in [0.4, 0.5) is 13.2 Å². The fourth-order valence-corrected chi connectivity index (χ4v) is 0.973. The van der Waals surface area contributed by atoms with E-state index in [4.69, 9.17) is 10.0 Å². The quantitative estimate of drug-likeness (QED) is 0.678. The van der Waals surface area contributed by atoms with Gasteiger partial charge in [-0.3, -0.25) is 4.98 Å². The van der Waals surface area contributed by atoms with Crippen molar-refractivity contribution in [1.82, 2.24) is 4.98 Å². The maximum absolute atomic E-state index is 12.2. The Morgan fingerprint density at radius 2 is 2.00 bits per heavy atom. The number of hydrogen-bond donors (Lipinski definition) is 2. The molecule has 0 amide bonds. The van der Waals surface area contributed by atoms with Gasteiger partial charge in [0, 0.05) is 17.7 Å². The van der Waals surface area contributed by atoms with Crippen LogP contribution < -0.4 is 10.2 Å². The number of aromatic nitrogens is 1. The van der Waals surface area contributed by atoms with Crippen LogP contribution in [0.25, 0.3) is 0 Å². The van der Waals surface area contributed by atoms with E-state index < -0.39 is 19.0 Å². The molecular weight excluding hydrogens is 214 g/mol. The van der Waals surface area contributed by atoms with Gasteiger partial charge in [-0.05, 0) is 0 Å². The standard InChI is InChI=1S/C7H7BF3NO3/c1-15-5-2-6(7(9,10)11)12-3-4(5)8(13)14/h2-3,13-14H,1H3. The summed E-state index contributed by atoms with van der Waals surface area (Å²) in [5.41, 5.74) is -1.37. The molecule has 0 unspecified atom stereocenters. The first-order valence-corrected chi connectivity index (χ1v) is 3.83. The predicted octanol–water partition coefficient (Wildman–Crippen LogP) is -0.211. The van der Waals surface area contributed by atoms with E-state index in [1.165, 1.54) is 0 Å². The minimum atomic E-state index is -4.59. The molecule has 0 spiro atoms. The van der Waals surface area contributed by atoms with E-state index in [0.29, 0.717) is 12.3 Å². The Hall–Kier alpha value is -1.28. The van der Waals surface area contributed by atoms with Gasteiger partial charge < -0.3 is 14.8 Å². The highest BCUT2D eigenvalue weighted by atomic mass is 19.4. The molecule has 0 atom stereocenters. The van der Waals surface area contributed by atoms with Crippen molar-refractivity contribution in [1.29, 1.82) is 0 Å². The van der Waals surface area contributed by atoms with Crippen LogP contribution in [0.5, 0.6) is 5.75 Å². The summed E-state index contributed by atoms with van der Waals surface area (Å²) in [5.74, 6) is -0.271. The maximum atomic E-state index is 12.2. The molecule has 0 saturated heterocycles. The molecule has 0 aliphatic rings. The van der Waals surface area contributed by atoms with Crippen molar-refractivity contribution < 1.29 is 28.0 Å². The maximum Gasteiger partial charge on any atom is 0.493 e. The first kappa shape index (κ1) is 11.8. The number of pyridine rings is 1. The van der Waals surface area contributed by atoms with Gasteiger partial charge in [0.1, 0.15) is 11.4 Å². The lowest BCUT2D eigenvalue weighted by atomic mass is 9.80. The highest BCUT2D eigenvalue weighted by Gasteiger charge is 2.34. The van der Waals surface area contributed by atoms with E-state index in [1.807, 2.05) is 0 Å². The molecule has 1 rings (SSSR count). The Morgan fingerprint density at radius 3 is 2.40 bits per heavy atom. The van der Waals surface area contributed by atoms with Crippen molar-refractivity contribution in [2.24, 2.45) is 0 Å². The zero-order valence-corrected chi connectivity index (χ0v) is 7.62. The van der Waals surface area contributed by atoms with Crippen LogP contribution >= 0.6 is 0 Å². The lowest BCUT2D eigenvalue weighted by molar-refractivity contribution is -0.141. The van der Waals surface area contributed by atoms with Gasteiger partial charge in [-0.15, -0.1) is 0 Å². The van der Waals surface area contributed by atoms with E-state index in [2.05, 4.69) is 9.72 Å². The van der Waals surface area contributed by atoms with E-state index in [9.17, 15) is 13.2 Å². The molecule has 0 bridgehead atoms. The van der Waals surface area contributed by atoms with Crippen molar-refractivity contribution >= 4 is 12.6 Å². The molecule has 1 aromatic heterocycles. The number of methoxy groups -OCH3 is 1. The normalized spacial score (nSPS) is 11.3. The third-order valence-electron chi connectivity index (χ3n) is 1.68. The highest BCUT2D eigenvalue weighted by molar-refractivity contribution is 6.59. The van der Waals surface area contributed by atoms with E-state index >= 15 is 0 Å². The number of hydrogen-bond acceptors (Lipinski definition) is 4. The van der Waals surface area contributed by atoms with Gasteiger partial charge in [0.15, 0.2) is 0 Å². The van der Waals surface area contributed by atoms with Crippen LogP contribution in [-0.2, 0) is 6.18 Å². The van der Waals surface area contributed by atoms with Gasteiger partial charge in [0.2, 0.25) is 0 Å². The van der Waals surface area contributed by atoms with Gasteiger partial charge in [-0.1, -0.05) is 0 Å². The number of rotatable bonds is 2. The van der Waals surface area contributed by atoms with Crippen molar-refractivity contribution in [3.8, 4) is 5.75 Å². The summed E-state index contributed by atoms with van der Waals surface area (Å²) in [4.78, 5) is 3.05. The molecule has 4 nitrogen and oxygen atoms in total. The second-order valence-corrected chi connectivity index (χ2v) is 2.68. The van der Waals surface area contributed by atoms with Crippen molar-refractivity contribution in [2.75, 3.05) is 7.11 Å². The molecule has 0 aliphatic heterocycles. The minimum absolute atomic E-state index is 0.217. The predicted molar refractivity (Wildman–Crippen MR) is 45.6 cm³/mol. The van der Waals surface area contributed by atoms with Crippen LogP contribution in [0.3, 0.4) is 0 Å². The number of nitrogens with zero attached hydrogens (tertiary/aromatic N) is 1. The molecule has 1 aromatic rings. The molecule has 2 N–H and O–H groups in total. The average molecular weight is 221 g/mol. The van der Waals surface area contributed by atoms with E-state index in [0.717, 1.165) is 7.11 Å². The SMILES string of the molecule is COc1cc(C(F)(F)F)ncc1B(O)O. The van der Waals surface area contributed by atoms with E-state index in [1.54, 1.807) is 0 Å². The third kappa shape index (κ3) is 2.60. The molecule has 0 aliphatic carbocycles. The lowest BCUT2D eigenvalue weighted by Gasteiger charge is -2.10. The molecule has 8 heteroatoms. The Labute approximate surface area is 83.5 Å². The summed E-state index contributed by atoms with van der Waals surface area (Å²) < 4.78 is 41.2. The van der Waals surface area contributed by atoms with Gasteiger partial charge in [0.25, 0.3) is 0 Å². The Kier molecular flexibility index (Phi) is 3.20. The Balaban J connectivity index is 3.19. The van der Waals surface area contributed by atoms with E-state index in [-0.39, 0.29) is 11.2 Å². The third-order valence-corrected chi connectivity index (χ3v) is 1.68. The van der Waals surface area contributed by atoms with Gasteiger partial charge in [0.05, 0.1) is 7.11 Å². The molecule has 0 fully saturated rings. The molecule has 0 radical (unpaired) electrons. The largest absolute Gasteiger partial charge is 0.497 e. The summed E-state index contributed by atoms with van der Waals surface area (Å²) in [7, 11) is -0.795. The van der Waals surface area contributed by atoms with Gasteiger partial charge in [-0.25, -0.2) is 0 Å². The average Bonchev–Trinajstić information content (AvgIpc) is 2.15. The number of ether oxygens (including phenoxy) is 1. The Morgan fingerprint density at radius 1 is 1.40 bits per heavy atom. The first-order valence-electron chi connectivity index (χ1n) is 3.83. The monoisotopic (exact) mass is 221 g/mol. The lowest BCUT2D eigenvalue weighted by Crippen LogP contribution is -2.32. The molecule has 0 aromatic carbocycles. The van der Waals surface area contributed by atoms with Crippen molar-refractivity contribution in [2.45, 2.75) is 6.18 Å². The number of alkyl halides is 3. The molecule has 15 heavy (non-hydrogen) atoms. The number of halogens is 3. The zero-order valence-electron chi connectivity index (χ0n) is 7.62. The zero-order chi connectivity index (χ0) is 11.6. The minimum Gasteiger partial charge on any atom is -0.497 e. The van der Waals surface area contributed by atoms with Gasteiger partial charge in [-0.2, -0.15) is 13.2 Å². The topological polar surface area (TPSA) is 62.6 Å². The van der Waals surface area contributed by atoms with Crippen molar-refractivity contribution in [3.05, 3.63) is 18.0 Å². The fraction of sp³-hybridized carbons (Fsp3) is 0.286. The summed E-state index contributed by atoms with van der Waals surface area (Å²) in [6.07, 6.45) is -3.88. The summed E-state index contributed by atoms with van der Waals surface area (Å²) in [5, 5.41) is 17.6. The molecule has 1 heterocycles. The first-order chi connectivity index (χ1) is 6.86. The summed E-state index contributed by atoms with van der Waals surface area (Å²) in [6.45, 7) is 0. The second kappa shape index (κ2) is 4.07. The highest BCUT2D eigenvalue weighted by Crippen LogP contribution is 2.28. The fourth-order valence-electron chi connectivity index (χ4n) is 0.973. The van der Waals surface area contributed by atoms with Crippen molar-refractivity contribution in [3.63, 3.8) is 0 Å². The van der Waals surface area contributed by atoms with Crippen LogP contribution in [0.1, 0.15) is 5.69 Å². The molecular formula is C7H7BF3NO3. The van der Waals surface area contributed by atoms with Crippen LogP contribution in [0.15, 0.2) is 12.3 Å². The smallest absolute Gasteiger partial charge is 0.493 e. The molecule has 0 saturated carbocycles.